The molecule has 0 spiro atoms. The third-order valence-electron chi connectivity index (χ3n) is 9.93. The van der Waals surface area contributed by atoms with Crippen LogP contribution in [0.15, 0.2) is 11.6 Å². The molecule has 4 rings (SSSR count). The first-order valence-corrected chi connectivity index (χ1v) is 13.0. The van der Waals surface area contributed by atoms with Gasteiger partial charge in [-0.2, -0.15) is 0 Å². The first-order chi connectivity index (χ1) is 16.9. The summed E-state index contributed by atoms with van der Waals surface area (Å²) in [6.07, 6.45) is 7.32. The highest BCUT2D eigenvalue weighted by atomic mass is 16.5. The van der Waals surface area contributed by atoms with Gasteiger partial charge in [-0.25, -0.2) is 0 Å². The van der Waals surface area contributed by atoms with Crippen LogP contribution < -0.4 is 5.32 Å². The third kappa shape index (κ3) is 4.51. The fourth-order valence-electron chi connectivity index (χ4n) is 7.85. The third-order valence-corrected chi connectivity index (χ3v) is 9.93. The quantitative estimate of drug-likeness (QED) is 0.428. The second-order valence-corrected chi connectivity index (χ2v) is 11.6. The van der Waals surface area contributed by atoms with Crippen molar-refractivity contribution in [3.05, 3.63) is 11.6 Å². The average Bonchev–Trinajstić information content (AvgIpc) is 3.12. The molecule has 0 unspecified atom stereocenters. The van der Waals surface area contributed by atoms with Crippen LogP contribution in [0, 0.1) is 28.6 Å². The molecule has 0 bridgehead atoms. The lowest BCUT2D eigenvalue weighted by molar-refractivity contribution is -0.170. The molecule has 0 saturated heterocycles. The monoisotopic (exact) mass is 503 g/mol. The number of fused-ring (bicyclic) bond motifs is 5. The van der Waals surface area contributed by atoms with Crippen molar-refractivity contribution in [2.45, 2.75) is 83.7 Å². The molecule has 3 N–H and O–H groups in total. The summed E-state index contributed by atoms with van der Waals surface area (Å²) in [7, 11) is 0. The van der Waals surface area contributed by atoms with E-state index in [2.05, 4.69) is 12.2 Å². The minimum atomic E-state index is -1.57. The fourth-order valence-corrected chi connectivity index (χ4v) is 7.85. The van der Waals surface area contributed by atoms with Crippen molar-refractivity contribution in [2.75, 3.05) is 13.2 Å². The van der Waals surface area contributed by atoms with Crippen molar-refractivity contribution in [3.63, 3.8) is 0 Å². The van der Waals surface area contributed by atoms with Crippen LogP contribution >= 0.6 is 0 Å². The van der Waals surface area contributed by atoms with Crippen LogP contribution in [-0.2, 0) is 28.7 Å². The standard InChI is InChI=1S/C27H37NO8/c1-25-10-7-17(29)13-16(25)3-4-18-19(25)8-11-26(2)20(18)9-12-27(26,35)21(30)15-36-24(34)6-5-22(31)28-14-23(32)33/h13,18-20,35H,3-12,14-15H2,1-2H3,(H,28,31)(H,32,33)/t18-,19+,20+,25+,26+,27+/m1/s1. The van der Waals surface area contributed by atoms with Crippen LogP contribution in [0.4, 0.5) is 0 Å². The van der Waals surface area contributed by atoms with Gasteiger partial charge in [-0.05, 0) is 74.2 Å². The van der Waals surface area contributed by atoms with Gasteiger partial charge in [0.15, 0.2) is 12.4 Å². The van der Waals surface area contributed by atoms with Gasteiger partial charge in [0.25, 0.3) is 0 Å². The van der Waals surface area contributed by atoms with Crippen molar-refractivity contribution in [1.82, 2.24) is 5.32 Å². The predicted molar refractivity (Wildman–Crippen MR) is 128 cm³/mol. The first kappa shape index (κ1) is 26.5. The molecule has 9 nitrogen and oxygen atoms in total. The second-order valence-electron chi connectivity index (χ2n) is 11.6. The largest absolute Gasteiger partial charge is 0.480 e. The van der Waals surface area contributed by atoms with E-state index in [-0.39, 0.29) is 30.0 Å². The number of esters is 1. The van der Waals surface area contributed by atoms with Gasteiger partial charge in [0.1, 0.15) is 12.1 Å². The molecule has 36 heavy (non-hydrogen) atoms. The molecule has 0 aromatic carbocycles. The number of hydrogen-bond acceptors (Lipinski definition) is 7. The van der Waals surface area contributed by atoms with E-state index in [1.807, 2.05) is 13.0 Å². The normalized spacial score (nSPS) is 37.1. The molecule has 0 aromatic rings. The fraction of sp³-hybridized carbons (Fsp3) is 0.741. The lowest BCUT2D eigenvalue weighted by atomic mass is 9.46. The molecule has 4 aliphatic rings. The van der Waals surface area contributed by atoms with Crippen LogP contribution in [0.2, 0.25) is 0 Å². The van der Waals surface area contributed by atoms with Crippen molar-refractivity contribution in [3.8, 4) is 0 Å². The van der Waals surface area contributed by atoms with E-state index in [0.717, 1.165) is 32.1 Å². The van der Waals surface area contributed by atoms with Gasteiger partial charge in [-0.3, -0.25) is 24.0 Å². The maximum Gasteiger partial charge on any atom is 0.322 e. The number of aliphatic hydroxyl groups is 1. The Morgan fingerprint density at radius 3 is 2.47 bits per heavy atom. The number of carbonyl (C=O) groups is 5. The Kier molecular flexibility index (Phi) is 7.16. The zero-order valence-electron chi connectivity index (χ0n) is 21.1. The van der Waals surface area contributed by atoms with Crippen molar-refractivity contribution in [1.29, 1.82) is 0 Å². The number of hydrogen-bond donors (Lipinski definition) is 3. The number of aliphatic carboxylic acids is 1. The molecule has 9 heteroatoms. The van der Waals surface area contributed by atoms with E-state index in [0.29, 0.717) is 31.1 Å². The van der Waals surface area contributed by atoms with Gasteiger partial charge < -0.3 is 20.3 Å². The molecular weight excluding hydrogens is 466 g/mol. The number of carboxylic acids is 1. The van der Waals surface area contributed by atoms with Crippen molar-refractivity contribution in [2.24, 2.45) is 28.6 Å². The van der Waals surface area contributed by atoms with Crippen molar-refractivity contribution < 1.29 is 38.9 Å². The highest BCUT2D eigenvalue weighted by Crippen LogP contribution is 2.67. The number of nitrogens with one attached hydrogen (secondary N) is 1. The summed E-state index contributed by atoms with van der Waals surface area (Å²) >= 11 is 0. The summed E-state index contributed by atoms with van der Waals surface area (Å²) in [4.78, 5) is 59.4. The average molecular weight is 504 g/mol. The predicted octanol–water partition coefficient (Wildman–Crippen LogP) is 2.34. The summed E-state index contributed by atoms with van der Waals surface area (Å²) in [6, 6.07) is 0. The zero-order chi connectivity index (χ0) is 26.3. The van der Waals surface area contributed by atoms with Gasteiger partial charge in [0, 0.05) is 18.3 Å². The van der Waals surface area contributed by atoms with Crippen LogP contribution in [-0.4, -0.2) is 58.4 Å². The van der Waals surface area contributed by atoms with E-state index in [1.165, 1.54) is 5.57 Å². The molecule has 0 radical (unpaired) electrons. The molecule has 0 aromatic heterocycles. The summed E-state index contributed by atoms with van der Waals surface area (Å²) < 4.78 is 5.10. The molecule has 1 amide bonds. The van der Waals surface area contributed by atoms with Crippen LogP contribution in [0.5, 0.6) is 0 Å². The highest BCUT2D eigenvalue weighted by molar-refractivity contribution is 5.92. The van der Waals surface area contributed by atoms with Gasteiger partial charge in [-0.15, -0.1) is 0 Å². The SMILES string of the molecule is C[C@]12CCC(=O)C=C1CC[C@@H]1[C@@H]2CC[C@@]2(C)[C@H]1CC[C@]2(O)C(=O)COC(=O)CCC(=O)NCC(=O)O. The summed E-state index contributed by atoms with van der Waals surface area (Å²) in [6.45, 7) is 3.22. The van der Waals surface area contributed by atoms with Crippen LogP contribution in [0.3, 0.4) is 0 Å². The lowest BCUT2D eigenvalue weighted by Gasteiger charge is -2.58. The number of Topliss-reactive ketones (excluding diaryl/α,β-unsaturated/α-hetero) is 1. The Balaban J connectivity index is 1.37. The van der Waals surface area contributed by atoms with E-state index in [1.54, 1.807) is 0 Å². The maximum absolute atomic E-state index is 13.2. The topological polar surface area (TPSA) is 147 Å². The number of rotatable bonds is 8. The van der Waals surface area contributed by atoms with Crippen LogP contribution in [0.25, 0.3) is 0 Å². The number of amides is 1. The Hall–Kier alpha value is -2.55. The number of allylic oxidation sites excluding steroid dienone is 1. The molecule has 3 fully saturated rings. The minimum Gasteiger partial charge on any atom is -0.480 e. The summed E-state index contributed by atoms with van der Waals surface area (Å²) in [5.41, 5.74) is -0.885. The Morgan fingerprint density at radius 2 is 1.75 bits per heavy atom. The molecule has 6 atom stereocenters. The smallest absolute Gasteiger partial charge is 0.322 e. The number of ketones is 2. The number of carbonyl (C=O) groups excluding carboxylic acids is 4. The van der Waals surface area contributed by atoms with Gasteiger partial charge in [0.05, 0.1) is 6.42 Å². The second kappa shape index (κ2) is 9.72. The minimum absolute atomic E-state index is 0.00909. The van der Waals surface area contributed by atoms with Gasteiger partial charge >= 0.3 is 11.9 Å². The Morgan fingerprint density at radius 1 is 1.03 bits per heavy atom. The van der Waals surface area contributed by atoms with E-state index >= 15 is 0 Å². The number of carboxylic acid groups (broad SMARTS) is 1. The Bertz CT molecular complexity index is 1000. The van der Waals surface area contributed by atoms with E-state index < -0.39 is 47.8 Å². The zero-order valence-corrected chi connectivity index (χ0v) is 21.1. The van der Waals surface area contributed by atoms with Gasteiger partial charge in [-0.1, -0.05) is 19.4 Å². The summed E-state index contributed by atoms with van der Waals surface area (Å²) in [5.74, 6) is -1.79. The Labute approximate surface area is 211 Å². The van der Waals surface area contributed by atoms with Crippen LogP contribution in [0.1, 0.15) is 78.1 Å². The molecule has 198 valence electrons. The molecule has 4 aliphatic carbocycles. The van der Waals surface area contributed by atoms with E-state index in [4.69, 9.17) is 9.84 Å². The van der Waals surface area contributed by atoms with Crippen molar-refractivity contribution >= 4 is 29.4 Å². The maximum atomic E-state index is 13.2. The molecule has 0 aliphatic heterocycles. The summed E-state index contributed by atoms with van der Waals surface area (Å²) in [5, 5.41) is 22.4. The number of ether oxygens (including phenoxy) is 1. The van der Waals surface area contributed by atoms with Gasteiger partial charge in [0.2, 0.25) is 11.7 Å². The first-order valence-electron chi connectivity index (χ1n) is 13.0. The molecule has 0 heterocycles. The van der Waals surface area contributed by atoms with E-state index in [9.17, 15) is 29.1 Å². The highest BCUT2D eigenvalue weighted by Gasteiger charge is 2.66. The molecular formula is C27H37NO8. The lowest BCUT2D eigenvalue weighted by Crippen LogP contribution is -2.58. The molecule has 3 saturated carbocycles.